The average molecular weight is 265 g/mol. The average Bonchev–Trinajstić information content (AvgIpc) is 2.42. The molecule has 0 saturated carbocycles. The van der Waals surface area contributed by atoms with Gasteiger partial charge in [-0.15, -0.1) is 0 Å². The molecule has 1 amide bonds. The van der Waals surface area contributed by atoms with Crippen molar-refractivity contribution >= 4 is 5.91 Å². The SMILES string of the molecule is CCOc1ccc(C(O)CN2CCOCC2=O)cc1. The topological polar surface area (TPSA) is 59.0 Å². The van der Waals surface area contributed by atoms with Crippen LogP contribution in [0, 0.1) is 0 Å². The summed E-state index contributed by atoms with van der Waals surface area (Å²) < 4.78 is 10.4. The Hall–Kier alpha value is -1.59. The van der Waals surface area contributed by atoms with Crippen LogP contribution in [0.5, 0.6) is 5.75 Å². The van der Waals surface area contributed by atoms with Gasteiger partial charge in [0.25, 0.3) is 0 Å². The highest BCUT2D eigenvalue weighted by atomic mass is 16.5. The lowest BCUT2D eigenvalue weighted by atomic mass is 10.1. The minimum Gasteiger partial charge on any atom is -0.494 e. The standard InChI is InChI=1S/C14H19NO4/c1-2-19-12-5-3-11(4-6-12)13(16)9-15-7-8-18-10-14(15)17/h3-6,13,16H,2,7-10H2,1H3. The number of hydrogen-bond acceptors (Lipinski definition) is 4. The molecule has 0 aliphatic carbocycles. The highest BCUT2D eigenvalue weighted by molar-refractivity contribution is 5.78. The van der Waals surface area contributed by atoms with Crippen LogP contribution < -0.4 is 4.74 Å². The zero-order chi connectivity index (χ0) is 13.7. The van der Waals surface area contributed by atoms with Crippen LogP contribution in [0.1, 0.15) is 18.6 Å². The van der Waals surface area contributed by atoms with Gasteiger partial charge < -0.3 is 19.5 Å². The molecule has 1 heterocycles. The Morgan fingerprint density at radius 3 is 2.79 bits per heavy atom. The Kier molecular flexibility index (Phi) is 4.76. The van der Waals surface area contributed by atoms with E-state index in [9.17, 15) is 9.90 Å². The summed E-state index contributed by atoms with van der Waals surface area (Å²) >= 11 is 0. The first kappa shape index (κ1) is 13.8. The van der Waals surface area contributed by atoms with Gasteiger partial charge in [0.15, 0.2) is 0 Å². The number of aliphatic hydroxyl groups excluding tert-OH is 1. The lowest BCUT2D eigenvalue weighted by Crippen LogP contribution is -2.43. The predicted molar refractivity (Wildman–Crippen MR) is 70.0 cm³/mol. The lowest BCUT2D eigenvalue weighted by Gasteiger charge is -2.28. The van der Waals surface area contributed by atoms with Crippen LogP contribution >= 0.6 is 0 Å². The quantitative estimate of drug-likeness (QED) is 0.862. The van der Waals surface area contributed by atoms with Crippen molar-refractivity contribution in [1.82, 2.24) is 4.90 Å². The first-order valence-electron chi connectivity index (χ1n) is 6.47. The molecule has 1 fully saturated rings. The predicted octanol–water partition coefficient (Wildman–Crippen LogP) is 0.977. The molecule has 1 aliphatic rings. The van der Waals surface area contributed by atoms with E-state index >= 15 is 0 Å². The van der Waals surface area contributed by atoms with Gasteiger partial charge in [0.1, 0.15) is 12.4 Å². The van der Waals surface area contributed by atoms with Gasteiger partial charge in [-0.05, 0) is 24.6 Å². The zero-order valence-corrected chi connectivity index (χ0v) is 11.0. The lowest BCUT2D eigenvalue weighted by molar-refractivity contribution is -0.144. The molecule has 1 saturated heterocycles. The molecule has 1 aromatic rings. The van der Waals surface area contributed by atoms with Crippen molar-refractivity contribution in [3.63, 3.8) is 0 Å². The third-order valence-corrected chi connectivity index (χ3v) is 3.05. The van der Waals surface area contributed by atoms with Gasteiger partial charge in [0.05, 0.1) is 25.9 Å². The molecule has 0 radical (unpaired) electrons. The second-order valence-electron chi connectivity index (χ2n) is 4.41. The molecule has 5 nitrogen and oxygen atoms in total. The summed E-state index contributed by atoms with van der Waals surface area (Å²) in [5, 5.41) is 10.1. The molecule has 5 heteroatoms. The fourth-order valence-corrected chi connectivity index (χ4v) is 2.01. The zero-order valence-electron chi connectivity index (χ0n) is 11.0. The monoisotopic (exact) mass is 265 g/mol. The highest BCUT2D eigenvalue weighted by Crippen LogP contribution is 2.19. The van der Waals surface area contributed by atoms with Gasteiger partial charge in [-0.3, -0.25) is 4.79 Å². The van der Waals surface area contributed by atoms with E-state index in [0.717, 1.165) is 11.3 Å². The molecule has 0 spiro atoms. The molecule has 1 atom stereocenters. The number of aliphatic hydroxyl groups is 1. The maximum atomic E-state index is 11.6. The van der Waals surface area contributed by atoms with Crippen molar-refractivity contribution in [3.8, 4) is 5.75 Å². The number of ether oxygens (including phenoxy) is 2. The van der Waals surface area contributed by atoms with E-state index < -0.39 is 6.10 Å². The van der Waals surface area contributed by atoms with Crippen LogP contribution in [-0.2, 0) is 9.53 Å². The smallest absolute Gasteiger partial charge is 0.248 e. The molecule has 0 aromatic heterocycles. The molecule has 1 N–H and O–H groups in total. The van der Waals surface area contributed by atoms with E-state index in [4.69, 9.17) is 9.47 Å². The Balaban J connectivity index is 1.94. The first-order chi connectivity index (χ1) is 9.20. The summed E-state index contributed by atoms with van der Waals surface area (Å²) in [5.74, 6) is 0.706. The van der Waals surface area contributed by atoms with Gasteiger partial charge in [0.2, 0.25) is 5.91 Å². The third-order valence-electron chi connectivity index (χ3n) is 3.05. The van der Waals surface area contributed by atoms with Gasteiger partial charge in [-0.1, -0.05) is 12.1 Å². The summed E-state index contributed by atoms with van der Waals surface area (Å²) in [6.07, 6.45) is -0.683. The van der Waals surface area contributed by atoms with Crippen LogP contribution in [0.4, 0.5) is 0 Å². The number of benzene rings is 1. The first-order valence-corrected chi connectivity index (χ1v) is 6.47. The van der Waals surface area contributed by atoms with Crippen molar-refractivity contribution in [1.29, 1.82) is 0 Å². The largest absolute Gasteiger partial charge is 0.494 e. The summed E-state index contributed by atoms with van der Waals surface area (Å²) in [6.45, 7) is 4.01. The van der Waals surface area contributed by atoms with Crippen molar-refractivity contribution in [2.45, 2.75) is 13.0 Å². The Morgan fingerprint density at radius 1 is 1.42 bits per heavy atom. The summed E-state index contributed by atoms with van der Waals surface area (Å²) in [4.78, 5) is 13.2. The van der Waals surface area contributed by atoms with Gasteiger partial charge in [-0.25, -0.2) is 0 Å². The van der Waals surface area contributed by atoms with E-state index in [1.165, 1.54) is 0 Å². The van der Waals surface area contributed by atoms with E-state index in [1.807, 2.05) is 31.2 Å². The Labute approximate surface area is 112 Å². The summed E-state index contributed by atoms with van der Waals surface area (Å²) in [5.41, 5.74) is 0.780. The Morgan fingerprint density at radius 2 is 2.16 bits per heavy atom. The molecule has 1 unspecified atom stereocenters. The van der Waals surface area contributed by atoms with Crippen molar-refractivity contribution in [3.05, 3.63) is 29.8 Å². The number of morpholine rings is 1. The van der Waals surface area contributed by atoms with Crippen LogP contribution in [-0.4, -0.2) is 48.8 Å². The summed E-state index contributed by atoms with van der Waals surface area (Å²) in [7, 11) is 0. The van der Waals surface area contributed by atoms with Gasteiger partial charge in [0, 0.05) is 6.54 Å². The maximum Gasteiger partial charge on any atom is 0.248 e. The molecule has 1 aromatic carbocycles. The van der Waals surface area contributed by atoms with E-state index in [-0.39, 0.29) is 12.5 Å². The number of carbonyl (C=O) groups is 1. The van der Waals surface area contributed by atoms with Crippen LogP contribution in [0.3, 0.4) is 0 Å². The minimum absolute atomic E-state index is 0.0729. The fraction of sp³-hybridized carbons (Fsp3) is 0.500. The van der Waals surface area contributed by atoms with E-state index in [0.29, 0.717) is 26.3 Å². The fourth-order valence-electron chi connectivity index (χ4n) is 2.01. The van der Waals surface area contributed by atoms with Crippen LogP contribution in [0.15, 0.2) is 24.3 Å². The number of rotatable bonds is 5. The molecule has 1 aliphatic heterocycles. The normalized spacial score (nSPS) is 17.4. The third kappa shape index (κ3) is 3.68. The molecular weight excluding hydrogens is 246 g/mol. The minimum atomic E-state index is -0.683. The maximum absolute atomic E-state index is 11.6. The van der Waals surface area contributed by atoms with Gasteiger partial charge >= 0.3 is 0 Å². The molecule has 19 heavy (non-hydrogen) atoms. The molecule has 0 bridgehead atoms. The number of nitrogens with zero attached hydrogens (tertiary/aromatic N) is 1. The van der Waals surface area contributed by atoms with Crippen LogP contribution in [0.25, 0.3) is 0 Å². The van der Waals surface area contributed by atoms with Crippen molar-refractivity contribution in [2.24, 2.45) is 0 Å². The van der Waals surface area contributed by atoms with E-state index in [2.05, 4.69) is 0 Å². The number of amides is 1. The van der Waals surface area contributed by atoms with E-state index in [1.54, 1.807) is 4.90 Å². The van der Waals surface area contributed by atoms with Crippen LogP contribution in [0.2, 0.25) is 0 Å². The number of carbonyl (C=O) groups excluding carboxylic acids is 1. The second-order valence-corrected chi connectivity index (χ2v) is 4.41. The number of β-amino-alcohol motifs (C(OH)–C–C–N with tert-alkyl or cyclic N) is 1. The second kappa shape index (κ2) is 6.54. The van der Waals surface area contributed by atoms with Crippen molar-refractivity contribution < 1.29 is 19.4 Å². The Bertz CT molecular complexity index is 418. The molecular formula is C14H19NO4. The highest BCUT2D eigenvalue weighted by Gasteiger charge is 2.21. The molecule has 2 rings (SSSR count). The number of hydrogen-bond donors (Lipinski definition) is 1. The van der Waals surface area contributed by atoms with Crippen molar-refractivity contribution in [2.75, 3.05) is 32.9 Å². The molecule has 104 valence electrons. The van der Waals surface area contributed by atoms with Gasteiger partial charge in [-0.2, -0.15) is 0 Å². The summed E-state index contributed by atoms with van der Waals surface area (Å²) in [6, 6.07) is 7.29.